The summed E-state index contributed by atoms with van der Waals surface area (Å²) in [5.41, 5.74) is 0.135. The number of ether oxygens (including phenoxy) is 4. The smallest absolute Gasteiger partial charge is 0.338 e. The van der Waals surface area contributed by atoms with Crippen LogP contribution in [0.4, 0.5) is 5.69 Å². The van der Waals surface area contributed by atoms with Crippen LogP contribution in [0.3, 0.4) is 0 Å². The summed E-state index contributed by atoms with van der Waals surface area (Å²) >= 11 is 0. The molecule has 2 aromatic carbocycles. The molecule has 160 valence electrons. The lowest BCUT2D eigenvalue weighted by Crippen LogP contribution is -2.23. The highest BCUT2D eigenvalue weighted by molar-refractivity contribution is 5.99. The first kappa shape index (κ1) is 22.5. The Kier molecular flexibility index (Phi) is 7.56. The number of carbonyl (C=O) groups excluding carboxylic acids is 2. The van der Waals surface area contributed by atoms with Crippen LogP contribution < -0.4 is 19.5 Å². The fraction of sp³-hybridized carbons (Fsp3) is 0.300. The molecule has 1 amide bonds. The maximum atomic E-state index is 12.6. The maximum absolute atomic E-state index is 12.6. The number of esters is 1. The van der Waals surface area contributed by atoms with Crippen molar-refractivity contribution in [3.63, 3.8) is 0 Å². The number of nitro groups is 1. The van der Waals surface area contributed by atoms with Gasteiger partial charge in [0.15, 0.2) is 11.5 Å². The second-order valence-electron chi connectivity index (χ2n) is 5.96. The summed E-state index contributed by atoms with van der Waals surface area (Å²) in [6.07, 6.45) is 0. The first-order valence-electron chi connectivity index (χ1n) is 8.88. The molecule has 0 saturated heterocycles. The SMILES string of the molecule is CCOC(=O)c1cc(C(=O)NCc2cc(OC)c(OC)c(OC)c2)cc([N+](=O)[O-])c1. The lowest BCUT2D eigenvalue weighted by Gasteiger charge is -2.14. The Hall–Kier alpha value is -3.82. The van der Waals surface area contributed by atoms with E-state index in [1.54, 1.807) is 19.1 Å². The summed E-state index contributed by atoms with van der Waals surface area (Å²) in [5.74, 6) is -0.104. The number of amides is 1. The molecule has 10 nitrogen and oxygen atoms in total. The van der Waals surface area contributed by atoms with Crippen LogP contribution in [0.2, 0.25) is 0 Å². The number of nitrogens with one attached hydrogen (secondary N) is 1. The van der Waals surface area contributed by atoms with E-state index in [1.807, 2.05) is 0 Å². The van der Waals surface area contributed by atoms with Gasteiger partial charge in [-0.3, -0.25) is 14.9 Å². The second kappa shape index (κ2) is 10.1. The Morgan fingerprint density at radius 3 is 2.07 bits per heavy atom. The van der Waals surface area contributed by atoms with Gasteiger partial charge in [-0.25, -0.2) is 4.79 Å². The van der Waals surface area contributed by atoms with Crippen molar-refractivity contribution < 1.29 is 33.5 Å². The molecule has 0 aliphatic carbocycles. The van der Waals surface area contributed by atoms with E-state index in [9.17, 15) is 19.7 Å². The highest BCUT2D eigenvalue weighted by Gasteiger charge is 2.19. The first-order valence-corrected chi connectivity index (χ1v) is 8.88. The van der Waals surface area contributed by atoms with Gasteiger partial charge in [0.05, 0.1) is 38.4 Å². The molecule has 0 spiro atoms. The van der Waals surface area contributed by atoms with Crippen LogP contribution in [-0.2, 0) is 11.3 Å². The van der Waals surface area contributed by atoms with Crippen LogP contribution >= 0.6 is 0 Å². The minimum absolute atomic E-state index is 0.0419. The van der Waals surface area contributed by atoms with Crippen molar-refractivity contribution in [2.24, 2.45) is 0 Å². The third-order valence-electron chi connectivity index (χ3n) is 4.08. The van der Waals surface area contributed by atoms with Gasteiger partial charge in [0.2, 0.25) is 5.75 Å². The highest BCUT2D eigenvalue weighted by atomic mass is 16.6. The molecule has 2 rings (SSSR count). The molecule has 0 aromatic heterocycles. The molecule has 0 aliphatic heterocycles. The molecule has 1 N–H and O–H groups in total. The number of nitro benzene ring substituents is 1. The molecule has 30 heavy (non-hydrogen) atoms. The zero-order chi connectivity index (χ0) is 22.3. The third-order valence-corrected chi connectivity index (χ3v) is 4.08. The summed E-state index contributed by atoms with van der Waals surface area (Å²) in [6, 6.07) is 6.73. The predicted molar refractivity (Wildman–Crippen MR) is 106 cm³/mol. The normalized spacial score (nSPS) is 10.1. The zero-order valence-electron chi connectivity index (χ0n) is 17.0. The zero-order valence-corrected chi connectivity index (χ0v) is 17.0. The summed E-state index contributed by atoms with van der Waals surface area (Å²) < 4.78 is 20.7. The number of rotatable bonds is 9. The Bertz CT molecular complexity index is 933. The minimum atomic E-state index is -0.750. The number of hydrogen-bond donors (Lipinski definition) is 1. The van der Waals surface area contributed by atoms with E-state index in [0.29, 0.717) is 22.8 Å². The number of benzene rings is 2. The number of carbonyl (C=O) groups is 2. The molecule has 2 aromatic rings. The Morgan fingerprint density at radius 2 is 1.57 bits per heavy atom. The van der Waals surface area contributed by atoms with E-state index in [4.69, 9.17) is 18.9 Å². The third kappa shape index (κ3) is 5.16. The van der Waals surface area contributed by atoms with Crippen molar-refractivity contribution in [2.45, 2.75) is 13.5 Å². The average molecular weight is 418 g/mol. The van der Waals surface area contributed by atoms with Gasteiger partial charge >= 0.3 is 5.97 Å². The van der Waals surface area contributed by atoms with Gasteiger partial charge in [-0.05, 0) is 30.7 Å². The van der Waals surface area contributed by atoms with Crippen molar-refractivity contribution in [1.82, 2.24) is 5.32 Å². The molecule has 0 fully saturated rings. The Labute approximate surface area is 172 Å². The first-order chi connectivity index (χ1) is 14.3. The number of nitrogens with zero attached hydrogens (tertiary/aromatic N) is 1. The fourth-order valence-corrected chi connectivity index (χ4v) is 2.70. The molecule has 10 heteroatoms. The van der Waals surface area contributed by atoms with Gasteiger partial charge in [0.25, 0.3) is 11.6 Å². The van der Waals surface area contributed by atoms with Crippen molar-refractivity contribution in [3.8, 4) is 17.2 Å². The van der Waals surface area contributed by atoms with Gasteiger partial charge in [-0.2, -0.15) is 0 Å². The van der Waals surface area contributed by atoms with Crippen LogP contribution in [0, 0.1) is 10.1 Å². The van der Waals surface area contributed by atoms with Crippen molar-refractivity contribution in [3.05, 3.63) is 57.1 Å². The van der Waals surface area contributed by atoms with Gasteiger partial charge in [0.1, 0.15) is 0 Å². The molecule has 0 radical (unpaired) electrons. The Morgan fingerprint density at radius 1 is 0.967 bits per heavy atom. The van der Waals surface area contributed by atoms with Crippen molar-refractivity contribution >= 4 is 17.6 Å². The van der Waals surface area contributed by atoms with Gasteiger partial charge in [-0.1, -0.05) is 0 Å². The molecule has 0 aliphatic rings. The fourth-order valence-electron chi connectivity index (χ4n) is 2.70. The van der Waals surface area contributed by atoms with E-state index < -0.39 is 22.5 Å². The van der Waals surface area contributed by atoms with Crippen molar-refractivity contribution in [2.75, 3.05) is 27.9 Å². The van der Waals surface area contributed by atoms with Crippen LogP contribution in [0.1, 0.15) is 33.2 Å². The lowest BCUT2D eigenvalue weighted by molar-refractivity contribution is -0.384. The summed E-state index contributed by atoms with van der Waals surface area (Å²) in [4.78, 5) is 35.0. The second-order valence-corrected chi connectivity index (χ2v) is 5.96. The molecule has 0 atom stereocenters. The van der Waals surface area contributed by atoms with E-state index in [-0.39, 0.29) is 24.3 Å². The van der Waals surface area contributed by atoms with Gasteiger partial charge in [0, 0.05) is 24.2 Å². The molecular formula is C20H22N2O8. The summed E-state index contributed by atoms with van der Waals surface area (Å²) in [6.45, 7) is 1.79. The lowest BCUT2D eigenvalue weighted by atomic mass is 10.1. The summed E-state index contributed by atoms with van der Waals surface area (Å²) in [5, 5.41) is 13.8. The number of methoxy groups -OCH3 is 3. The average Bonchev–Trinajstić information content (AvgIpc) is 2.76. The number of non-ortho nitro benzene ring substituents is 1. The van der Waals surface area contributed by atoms with Crippen LogP contribution in [0.25, 0.3) is 0 Å². The largest absolute Gasteiger partial charge is 0.493 e. The van der Waals surface area contributed by atoms with Crippen molar-refractivity contribution in [1.29, 1.82) is 0 Å². The monoisotopic (exact) mass is 418 g/mol. The van der Waals surface area contributed by atoms with E-state index >= 15 is 0 Å². The van der Waals surface area contributed by atoms with E-state index in [0.717, 1.165) is 12.1 Å². The summed E-state index contributed by atoms with van der Waals surface area (Å²) in [7, 11) is 4.42. The predicted octanol–water partition coefficient (Wildman–Crippen LogP) is 2.73. The van der Waals surface area contributed by atoms with Gasteiger partial charge in [-0.15, -0.1) is 0 Å². The quantitative estimate of drug-likeness (QED) is 0.374. The molecule has 0 saturated carbocycles. The van der Waals surface area contributed by atoms with Crippen LogP contribution in [0.5, 0.6) is 17.2 Å². The molecule has 0 heterocycles. The molecule has 0 bridgehead atoms. The maximum Gasteiger partial charge on any atom is 0.338 e. The molecular weight excluding hydrogens is 396 g/mol. The van der Waals surface area contributed by atoms with Crippen LogP contribution in [0.15, 0.2) is 30.3 Å². The number of hydrogen-bond acceptors (Lipinski definition) is 8. The Balaban J connectivity index is 2.28. The van der Waals surface area contributed by atoms with Gasteiger partial charge < -0.3 is 24.3 Å². The van der Waals surface area contributed by atoms with Crippen LogP contribution in [-0.4, -0.2) is 44.7 Å². The minimum Gasteiger partial charge on any atom is -0.493 e. The standard InChI is InChI=1S/C20H22N2O8/c1-5-30-20(24)14-8-13(9-15(10-14)22(25)26)19(23)21-11-12-6-16(27-2)18(29-4)17(7-12)28-3/h6-10H,5,11H2,1-4H3,(H,21,23). The molecule has 0 unspecified atom stereocenters. The highest BCUT2D eigenvalue weighted by Crippen LogP contribution is 2.38. The van der Waals surface area contributed by atoms with E-state index in [1.165, 1.54) is 27.4 Å². The topological polar surface area (TPSA) is 126 Å². The van der Waals surface area contributed by atoms with E-state index in [2.05, 4.69) is 5.32 Å².